The van der Waals surface area contributed by atoms with Crippen LogP contribution in [0.25, 0.3) is 0 Å². The van der Waals surface area contributed by atoms with Crippen LogP contribution in [0.1, 0.15) is 34.7 Å². The first-order valence-corrected chi connectivity index (χ1v) is 9.11. The van der Waals surface area contributed by atoms with Gasteiger partial charge in [-0.3, -0.25) is 4.79 Å². The van der Waals surface area contributed by atoms with E-state index in [-0.39, 0.29) is 11.2 Å². The minimum absolute atomic E-state index is 0.243. The second-order valence-corrected chi connectivity index (χ2v) is 7.76. The minimum atomic E-state index is -4.39. The molecule has 0 radical (unpaired) electrons. The third-order valence-electron chi connectivity index (χ3n) is 4.44. The van der Waals surface area contributed by atoms with Gasteiger partial charge in [-0.2, -0.15) is 13.2 Å². The topological polar surface area (TPSA) is 29.1 Å². The van der Waals surface area contributed by atoms with Gasteiger partial charge in [0.25, 0.3) is 0 Å². The van der Waals surface area contributed by atoms with Crippen LogP contribution in [0, 0.1) is 27.7 Å². The van der Waals surface area contributed by atoms with Crippen LogP contribution >= 0.6 is 11.8 Å². The maximum Gasteiger partial charge on any atom is 0.416 e. The number of amides is 1. The van der Waals surface area contributed by atoms with Crippen molar-refractivity contribution in [1.29, 1.82) is 0 Å². The second-order valence-electron chi connectivity index (χ2n) is 6.41. The summed E-state index contributed by atoms with van der Waals surface area (Å²) in [5.41, 5.74) is 4.25. The van der Waals surface area contributed by atoms with Crippen LogP contribution in [0.15, 0.2) is 35.2 Å². The molecule has 0 unspecified atom stereocenters. The van der Waals surface area contributed by atoms with Crippen LogP contribution in [0.2, 0.25) is 0 Å². The molecular weight excluding hydrogens is 359 g/mol. The Hall–Kier alpha value is -1.95. The van der Waals surface area contributed by atoms with E-state index in [1.54, 1.807) is 6.92 Å². The highest BCUT2D eigenvalue weighted by molar-refractivity contribution is 8.00. The van der Waals surface area contributed by atoms with E-state index in [1.165, 1.54) is 35.0 Å². The summed E-state index contributed by atoms with van der Waals surface area (Å²) < 4.78 is 37.8. The Morgan fingerprint density at radius 3 is 1.96 bits per heavy atom. The van der Waals surface area contributed by atoms with Gasteiger partial charge in [0.15, 0.2) is 0 Å². The van der Waals surface area contributed by atoms with E-state index < -0.39 is 11.7 Å². The molecule has 2 nitrogen and oxygen atoms in total. The van der Waals surface area contributed by atoms with Crippen LogP contribution in [-0.4, -0.2) is 11.2 Å². The molecule has 0 spiro atoms. The third-order valence-corrected chi connectivity index (χ3v) is 5.86. The zero-order chi connectivity index (χ0) is 19.6. The van der Waals surface area contributed by atoms with Crippen LogP contribution in [0.3, 0.4) is 0 Å². The molecule has 0 aromatic heterocycles. The number of nitrogens with one attached hydrogen (secondary N) is 1. The molecule has 0 fully saturated rings. The van der Waals surface area contributed by atoms with Crippen LogP contribution < -0.4 is 5.32 Å². The molecule has 1 amide bonds. The van der Waals surface area contributed by atoms with Crippen LogP contribution in [0.5, 0.6) is 0 Å². The van der Waals surface area contributed by atoms with Gasteiger partial charge in [0.1, 0.15) is 0 Å². The molecule has 1 atom stereocenters. The fraction of sp³-hybridized carbons (Fsp3) is 0.350. The molecule has 0 aliphatic heterocycles. The number of hydrogen-bond acceptors (Lipinski definition) is 2. The average molecular weight is 381 g/mol. The molecular formula is C20H22F3NOS. The van der Waals surface area contributed by atoms with Crippen molar-refractivity contribution in [3.05, 3.63) is 58.1 Å². The largest absolute Gasteiger partial charge is 0.416 e. The van der Waals surface area contributed by atoms with E-state index in [4.69, 9.17) is 0 Å². The predicted molar refractivity (Wildman–Crippen MR) is 101 cm³/mol. The average Bonchev–Trinajstić information content (AvgIpc) is 2.56. The lowest BCUT2D eigenvalue weighted by molar-refractivity contribution is -0.137. The Labute approximate surface area is 156 Å². The SMILES string of the molecule is Cc1cc(C)c(C)c(S[C@@H](C)C(=O)Nc2ccc(C(F)(F)F)cc2)c1C. The van der Waals surface area contributed by atoms with Gasteiger partial charge in [0.05, 0.1) is 10.8 Å². The molecule has 0 aliphatic carbocycles. The number of aryl methyl sites for hydroxylation is 2. The first-order chi connectivity index (χ1) is 12.0. The Balaban J connectivity index is 2.11. The Bertz CT molecular complexity index is 787. The Morgan fingerprint density at radius 2 is 1.50 bits per heavy atom. The fourth-order valence-corrected chi connectivity index (χ4v) is 3.77. The molecule has 0 bridgehead atoms. The second kappa shape index (κ2) is 7.74. The molecule has 140 valence electrons. The van der Waals surface area contributed by atoms with Crippen molar-refractivity contribution in [3.8, 4) is 0 Å². The monoisotopic (exact) mass is 381 g/mol. The lowest BCUT2D eigenvalue weighted by Crippen LogP contribution is -2.22. The van der Waals surface area contributed by atoms with Crippen molar-refractivity contribution >= 4 is 23.4 Å². The van der Waals surface area contributed by atoms with Gasteiger partial charge >= 0.3 is 6.18 Å². The summed E-state index contributed by atoms with van der Waals surface area (Å²) >= 11 is 1.47. The maximum atomic E-state index is 12.6. The highest BCUT2D eigenvalue weighted by atomic mass is 32.2. The zero-order valence-electron chi connectivity index (χ0n) is 15.4. The molecule has 2 aromatic rings. The number of rotatable bonds is 4. The number of anilines is 1. The first kappa shape index (κ1) is 20.4. The first-order valence-electron chi connectivity index (χ1n) is 8.23. The summed E-state index contributed by atoms with van der Waals surface area (Å²) in [6.45, 7) is 9.94. The quantitative estimate of drug-likeness (QED) is 0.653. The standard InChI is InChI=1S/C20H22F3NOS/c1-11-10-12(2)14(4)18(13(11)3)26-15(5)19(25)24-17-8-6-16(7-9-17)20(21,22)23/h6-10,15H,1-5H3,(H,24,25)/t15-/m0/s1. The predicted octanol–water partition coefficient (Wildman–Crippen LogP) is 6.06. The lowest BCUT2D eigenvalue weighted by atomic mass is 10.0. The van der Waals surface area contributed by atoms with E-state index in [2.05, 4.69) is 11.4 Å². The summed E-state index contributed by atoms with van der Waals surface area (Å²) in [6, 6.07) is 6.59. The van der Waals surface area contributed by atoms with Crippen LogP contribution in [-0.2, 0) is 11.0 Å². The molecule has 0 heterocycles. The molecule has 26 heavy (non-hydrogen) atoms. The highest BCUT2D eigenvalue weighted by Gasteiger charge is 2.30. The van der Waals surface area contributed by atoms with Crippen molar-refractivity contribution in [3.63, 3.8) is 0 Å². The number of halogens is 3. The number of carbonyl (C=O) groups is 1. The van der Waals surface area contributed by atoms with Crippen molar-refractivity contribution in [2.75, 3.05) is 5.32 Å². The minimum Gasteiger partial charge on any atom is -0.325 e. The van der Waals surface area contributed by atoms with Crippen molar-refractivity contribution in [2.24, 2.45) is 0 Å². The van der Waals surface area contributed by atoms with Crippen molar-refractivity contribution in [2.45, 2.75) is 50.9 Å². The molecule has 0 aliphatic rings. The summed E-state index contributed by atoms with van der Waals surface area (Å²) in [6.07, 6.45) is -4.39. The molecule has 2 rings (SSSR count). The summed E-state index contributed by atoms with van der Waals surface area (Å²) in [4.78, 5) is 13.5. The fourth-order valence-electron chi connectivity index (χ4n) is 2.57. The smallest absolute Gasteiger partial charge is 0.325 e. The number of benzene rings is 2. The van der Waals surface area contributed by atoms with E-state index in [0.717, 1.165) is 28.2 Å². The van der Waals surface area contributed by atoms with Gasteiger partial charge in [-0.15, -0.1) is 11.8 Å². The van der Waals surface area contributed by atoms with Crippen molar-refractivity contribution in [1.82, 2.24) is 0 Å². The normalized spacial score (nSPS) is 12.8. The van der Waals surface area contributed by atoms with Crippen LogP contribution in [0.4, 0.5) is 18.9 Å². The number of thioether (sulfide) groups is 1. The van der Waals surface area contributed by atoms with E-state index in [1.807, 2.05) is 27.7 Å². The maximum absolute atomic E-state index is 12.6. The Morgan fingerprint density at radius 1 is 1.00 bits per heavy atom. The number of alkyl halides is 3. The van der Waals surface area contributed by atoms with E-state index in [9.17, 15) is 18.0 Å². The van der Waals surface area contributed by atoms with Gasteiger partial charge in [0, 0.05) is 10.6 Å². The molecule has 6 heteroatoms. The molecule has 1 N–H and O–H groups in total. The Kier molecular flexibility index (Phi) is 6.06. The third kappa shape index (κ3) is 4.61. The summed E-state index contributed by atoms with van der Waals surface area (Å²) in [5, 5.41) is 2.30. The van der Waals surface area contributed by atoms with Gasteiger partial charge in [0.2, 0.25) is 5.91 Å². The highest BCUT2D eigenvalue weighted by Crippen LogP contribution is 2.34. The summed E-state index contributed by atoms with van der Waals surface area (Å²) in [7, 11) is 0. The summed E-state index contributed by atoms with van der Waals surface area (Å²) in [5.74, 6) is -0.243. The lowest BCUT2D eigenvalue weighted by Gasteiger charge is -2.18. The van der Waals surface area contributed by atoms with Gasteiger partial charge in [-0.1, -0.05) is 6.07 Å². The van der Waals surface area contributed by atoms with Crippen molar-refractivity contribution < 1.29 is 18.0 Å². The van der Waals surface area contributed by atoms with Gasteiger partial charge in [-0.05, 0) is 81.1 Å². The van der Waals surface area contributed by atoms with Gasteiger partial charge in [-0.25, -0.2) is 0 Å². The van der Waals surface area contributed by atoms with Gasteiger partial charge < -0.3 is 5.32 Å². The molecule has 0 saturated carbocycles. The van der Waals surface area contributed by atoms with E-state index >= 15 is 0 Å². The zero-order valence-corrected chi connectivity index (χ0v) is 16.2. The molecule has 2 aromatic carbocycles. The molecule has 0 saturated heterocycles. The number of hydrogen-bond donors (Lipinski definition) is 1. The number of carbonyl (C=O) groups excluding carboxylic acids is 1. The van der Waals surface area contributed by atoms with E-state index in [0.29, 0.717) is 5.69 Å².